The SMILES string of the molecule is Cc1cccc(C)c1NC(=O)COC(=O)CCC1CCCNC1. The molecule has 1 fully saturated rings. The predicted octanol–water partition coefficient (Wildman–Crippen LogP) is 2.56. The summed E-state index contributed by atoms with van der Waals surface area (Å²) in [7, 11) is 0. The Morgan fingerprint density at radius 1 is 1.30 bits per heavy atom. The summed E-state index contributed by atoms with van der Waals surface area (Å²) in [5.74, 6) is -0.0537. The van der Waals surface area contributed by atoms with Crippen LogP contribution in [-0.2, 0) is 14.3 Å². The summed E-state index contributed by atoms with van der Waals surface area (Å²) in [6.45, 7) is 5.69. The molecule has 0 radical (unpaired) electrons. The maximum Gasteiger partial charge on any atom is 0.306 e. The number of ether oxygens (including phenoxy) is 1. The van der Waals surface area contributed by atoms with Gasteiger partial charge < -0.3 is 15.4 Å². The van der Waals surface area contributed by atoms with Gasteiger partial charge in [0, 0.05) is 12.1 Å². The number of carbonyl (C=O) groups is 2. The van der Waals surface area contributed by atoms with E-state index >= 15 is 0 Å². The summed E-state index contributed by atoms with van der Waals surface area (Å²) in [4.78, 5) is 23.7. The molecule has 0 spiro atoms. The molecule has 1 aliphatic heterocycles. The maximum atomic E-state index is 11.9. The Morgan fingerprint density at radius 3 is 2.70 bits per heavy atom. The van der Waals surface area contributed by atoms with E-state index in [1.807, 2.05) is 32.0 Å². The van der Waals surface area contributed by atoms with E-state index in [0.717, 1.165) is 49.2 Å². The zero-order valence-electron chi connectivity index (χ0n) is 14.0. The first-order chi connectivity index (χ1) is 11.1. The number of carbonyl (C=O) groups excluding carboxylic acids is 2. The van der Waals surface area contributed by atoms with Crippen LogP contribution in [0.4, 0.5) is 5.69 Å². The lowest BCUT2D eigenvalue weighted by atomic mass is 9.95. The summed E-state index contributed by atoms with van der Waals surface area (Å²) < 4.78 is 5.08. The number of hydrogen-bond acceptors (Lipinski definition) is 4. The van der Waals surface area contributed by atoms with Crippen LogP contribution in [0.15, 0.2) is 18.2 Å². The normalized spacial score (nSPS) is 17.6. The van der Waals surface area contributed by atoms with E-state index in [1.165, 1.54) is 0 Å². The number of esters is 1. The van der Waals surface area contributed by atoms with Gasteiger partial charge in [-0.05, 0) is 63.2 Å². The van der Waals surface area contributed by atoms with Crippen molar-refractivity contribution in [2.75, 3.05) is 25.0 Å². The lowest BCUT2D eigenvalue weighted by Gasteiger charge is -2.22. The van der Waals surface area contributed by atoms with Crippen molar-refractivity contribution in [3.05, 3.63) is 29.3 Å². The van der Waals surface area contributed by atoms with E-state index in [-0.39, 0.29) is 18.5 Å². The fraction of sp³-hybridized carbons (Fsp3) is 0.556. The predicted molar refractivity (Wildman–Crippen MR) is 90.3 cm³/mol. The third-order valence-corrected chi connectivity index (χ3v) is 4.27. The van der Waals surface area contributed by atoms with Crippen molar-refractivity contribution in [1.82, 2.24) is 5.32 Å². The zero-order valence-corrected chi connectivity index (χ0v) is 14.0. The number of aryl methyl sites for hydroxylation is 2. The van der Waals surface area contributed by atoms with Crippen LogP contribution in [-0.4, -0.2) is 31.6 Å². The zero-order chi connectivity index (χ0) is 16.7. The summed E-state index contributed by atoms with van der Waals surface area (Å²) >= 11 is 0. The van der Waals surface area contributed by atoms with Crippen molar-refractivity contribution >= 4 is 17.6 Å². The molecule has 0 bridgehead atoms. The van der Waals surface area contributed by atoms with Crippen molar-refractivity contribution in [2.24, 2.45) is 5.92 Å². The van der Waals surface area contributed by atoms with Crippen LogP contribution in [0.5, 0.6) is 0 Å². The van der Waals surface area contributed by atoms with Gasteiger partial charge in [0.2, 0.25) is 0 Å². The summed E-state index contributed by atoms with van der Waals surface area (Å²) in [6, 6.07) is 5.82. The smallest absolute Gasteiger partial charge is 0.306 e. The first-order valence-electron chi connectivity index (χ1n) is 8.28. The Labute approximate surface area is 137 Å². The van der Waals surface area contributed by atoms with Gasteiger partial charge in [-0.25, -0.2) is 0 Å². The Morgan fingerprint density at radius 2 is 2.04 bits per heavy atom. The van der Waals surface area contributed by atoms with Crippen molar-refractivity contribution in [2.45, 2.75) is 39.5 Å². The van der Waals surface area contributed by atoms with Crippen molar-refractivity contribution in [3.8, 4) is 0 Å². The molecule has 1 aliphatic rings. The minimum Gasteiger partial charge on any atom is -0.456 e. The first-order valence-corrected chi connectivity index (χ1v) is 8.28. The van der Waals surface area contributed by atoms with E-state index in [1.54, 1.807) is 0 Å². The minimum absolute atomic E-state index is 0.227. The molecule has 2 N–H and O–H groups in total. The van der Waals surface area contributed by atoms with Gasteiger partial charge >= 0.3 is 5.97 Å². The minimum atomic E-state index is -0.299. The molecule has 0 saturated carbocycles. The number of para-hydroxylation sites is 1. The molecule has 1 aromatic carbocycles. The molecule has 1 unspecified atom stereocenters. The molecule has 126 valence electrons. The molecule has 0 aromatic heterocycles. The van der Waals surface area contributed by atoms with Crippen LogP contribution < -0.4 is 10.6 Å². The van der Waals surface area contributed by atoms with Crippen molar-refractivity contribution in [3.63, 3.8) is 0 Å². The van der Waals surface area contributed by atoms with Gasteiger partial charge in [-0.2, -0.15) is 0 Å². The van der Waals surface area contributed by atoms with E-state index in [4.69, 9.17) is 4.74 Å². The first kappa shape index (κ1) is 17.5. The third kappa shape index (κ3) is 5.67. The molecule has 0 aliphatic carbocycles. The highest BCUT2D eigenvalue weighted by Gasteiger charge is 2.16. The maximum absolute atomic E-state index is 11.9. The highest BCUT2D eigenvalue weighted by molar-refractivity contribution is 5.94. The quantitative estimate of drug-likeness (QED) is 0.791. The number of amides is 1. The monoisotopic (exact) mass is 318 g/mol. The Balaban J connectivity index is 1.70. The average Bonchev–Trinajstić information content (AvgIpc) is 2.55. The van der Waals surface area contributed by atoms with Crippen LogP contribution in [0.3, 0.4) is 0 Å². The summed E-state index contributed by atoms with van der Waals surface area (Å²) in [5, 5.41) is 6.14. The molecule has 1 amide bonds. The Hall–Kier alpha value is -1.88. The molecular weight excluding hydrogens is 292 g/mol. The number of anilines is 1. The van der Waals surface area contributed by atoms with Gasteiger partial charge in [0.1, 0.15) is 0 Å². The number of piperidine rings is 1. The lowest BCUT2D eigenvalue weighted by Crippen LogP contribution is -2.30. The number of hydrogen-bond donors (Lipinski definition) is 2. The van der Waals surface area contributed by atoms with Crippen LogP contribution in [0.1, 0.15) is 36.8 Å². The second kappa shape index (κ2) is 8.67. The van der Waals surface area contributed by atoms with Crippen LogP contribution >= 0.6 is 0 Å². The number of rotatable bonds is 6. The molecule has 2 rings (SSSR count). The van der Waals surface area contributed by atoms with Gasteiger partial charge in [-0.15, -0.1) is 0 Å². The number of nitrogens with one attached hydrogen (secondary N) is 2. The lowest BCUT2D eigenvalue weighted by molar-refractivity contribution is -0.147. The fourth-order valence-corrected chi connectivity index (χ4v) is 2.90. The van der Waals surface area contributed by atoms with E-state index in [0.29, 0.717) is 12.3 Å². The van der Waals surface area contributed by atoms with Gasteiger partial charge in [-0.1, -0.05) is 18.2 Å². The van der Waals surface area contributed by atoms with Gasteiger partial charge in [0.15, 0.2) is 6.61 Å². The highest BCUT2D eigenvalue weighted by atomic mass is 16.5. The van der Waals surface area contributed by atoms with Gasteiger partial charge in [0.25, 0.3) is 5.91 Å². The van der Waals surface area contributed by atoms with Gasteiger partial charge in [0.05, 0.1) is 0 Å². The molecule has 1 aromatic rings. The molecule has 1 heterocycles. The average molecular weight is 318 g/mol. The Bertz CT molecular complexity index is 531. The third-order valence-electron chi connectivity index (χ3n) is 4.27. The molecule has 5 nitrogen and oxygen atoms in total. The van der Waals surface area contributed by atoms with Crippen molar-refractivity contribution in [1.29, 1.82) is 0 Å². The fourth-order valence-electron chi connectivity index (χ4n) is 2.90. The van der Waals surface area contributed by atoms with Gasteiger partial charge in [-0.3, -0.25) is 9.59 Å². The second-order valence-electron chi connectivity index (χ2n) is 6.23. The highest BCUT2D eigenvalue weighted by Crippen LogP contribution is 2.19. The van der Waals surface area contributed by atoms with Crippen LogP contribution in [0.25, 0.3) is 0 Å². The standard InChI is InChI=1S/C18H26N2O3/c1-13-5-3-6-14(2)18(13)20-16(21)12-23-17(22)9-8-15-7-4-10-19-11-15/h3,5-6,15,19H,4,7-12H2,1-2H3,(H,20,21). The van der Waals surface area contributed by atoms with Crippen molar-refractivity contribution < 1.29 is 14.3 Å². The molecule has 5 heteroatoms. The molecule has 1 atom stereocenters. The Kier molecular flexibility index (Phi) is 6.59. The molecular formula is C18H26N2O3. The second-order valence-corrected chi connectivity index (χ2v) is 6.23. The van der Waals surface area contributed by atoms with Crippen LogP contribution in [0.2, 0.25) is 0 Å². The van der Waals surface area contributed by atoms with Crippen LogP contribution in [0, 0.1) is 19.8 Å². The van der Waals surface area contributed by atoms with E-state index in [2.05, 4.69) is 10.6 Å². The topological polar surface area (TPSA) is 67.4 Å². The summed E-state index contributed by atoms with van der Waals surface area (Å²) in [5.41, 5.74) is 2.78. The molecule has 1 saturated heterocycles. The molecule has 23 heavy (non-hydrogen) atoms. The summed E-state index contributed by atoms with van der Waals surface area (Å²) in [6.07, 6.45) is 3.53. The largest absolute Gasteiger partial charge is 0.456 e. The number of benzene rings is 1. The van der Waals surface area contributed by atoms with E-state index < -0.39 is 0 Å². The van der Waals surface area contributed by atoms with E-state index in [9.17, 15) is 9.59 Å².